The molecule has 572 valence electrons. The molecule has 7 N–H and O–H groups in total. The Morgan fingerprint density at radius 2 is 0.951 bits per heavy atom. The van der Waals surface area contributed by atoms with Crippen LogP contribution in [0.1, 0.15) is 135 Å². The average Bonchev–Trinajstić information content (AvgIpc) is 1.81. The molecule has 9 rings (SSSR count). The maximum absolute atomic E-state index is 14.1. The third-order valence-electron chi connectivity index (χ3n) is 16.6. The van der Waals surface area contributed by atoms with Crippen LogP contribution in [0.25, 0.3) is 45.0 Å². The van der Waals surface area contributed by atoms with Gasteiger partial charge in [-0.2, -0.15) is 33.6 Å². The topological polar surface area (TPSA) is 237 Å². The minimum Gasteiger partial charge on any atom is -0.493 e. The minimum atomic E-state index is -4.48. The number of H-pyrrole nitrogens is 4. The number of rotatable bonds is 36. The molecule has 0 radical (unpaired) electrons. The van der Waals surface area contributed by atoms with E-state index in [0.717, 1.165) is 129 Å². The fourth-order valence-corrected chi connectivity index (χ4v) is 11.4. The molecule has 1 atom stereocenters. The number of aromatic nitrogens is 8. The summed E-state index contributed by atoms with van der Waals surface area (Å²) in [6.07, 6.45) is 11.8. The monoisotopic (exact) mass is 1460 g/mol. The van der Waals surface area contributed by atoms with Crippen LogP contribution in [-0.2, 0) is 57.3 Å². The summed E-state index contributed by atoms with van der Waals surface area (Å²) in [6.45, 7) is 21.1. The van der Waals surface area contributed by atoms with E-state index < -0.39 is 32.8 Å². The minimum absolute atomic E-state index is 0. The van der Waals surface area contributed by atoms with E-state index in [1.165, 1.54) is 56.1 Å². The van der Waals surface area contributed by atoms with E-state index in [1.807, 2.05) is 67.8 Å². The molecule has 1 unspecified atom stereocenters. The number of hydrogen-bond acceptors (Lipinski definition) is 16. The van der Waals surface area contributed by atoms with Gasteiger partial charge in [-0.25, -0.2) is 8.78 Å². The summed E-state index contributed by atoms with van der Waals surface area (Å²) in [4.78, 5) is 9.59. The predicted molar refractivity (Wildman–Crippen MR) is 406 cm³/mol. The molecular weight excluding hydrogens is 1350 g/mol. The third-order valence-corrected chi connectivity index (χ3v) is 17.8. The molecule has 8 aromatic rings. The first-order valence-electron chi connectivity index (χ1n) is 34.5. The lowest BCUT2D eigenvalue weighted by Gasteiger charge is -2.25. The summed E-state index contributed by atoms with van der Waals surface area (Å²) in [5.41, 5.74) is 14.4. The van der Waals surface area contributed by atoms with Crippen LogP contribution < -0.4 is 19.9 Å². The van der Waals surface area contributed by atoms with Crippen LogP contribution in [0, 0.1) is 5.92 Å². The van der Waals surface area contributed by atoms with E-state index >= 15 is 0 Å². The van der Waals surface area contributed by atoms with E-state index in [2.05, 4.69) is 108 Å². The normalized spacial score (nSPS) is 13.0. The van der Waals surface area contributed by atoms with E-state index in [0.29, 0.717) is 66.8 Å². The number of likely N-dealkylation sites (N-methyl/N-ethyl adjacent to an activating group) is 1. The fraction of sp³-hybridized carbons (Fsp3) is 0.519. The smallest absolute Gasteiger partial charge is 0.416 e. The Kier molecular flexibility index (Phi) is 36.7. The summed E-state index contributed by atoms with van der Waals surface area (Å²) >= 11 is 0. The lowest BCUT2D eigenvalue weighted by Crippen LogP contribution is -2.32. The zero-order valence-corrected chi connectivity index (χ0v) is 61.9. The average molecular weight is 1460 g/mol. The Morgan fingerprint density at radius 3 is 1.31 bits per heavy atom. The maximum Gasteiger partial charge on any atom is 0.416 e. The molecule has 4 aromatic carbocycles. The van der Waals surface area contributed by atoms with Crippen LogP contribution >= 0.6 is 0 Å². The number of benzene rings is 4. The first-order valence-corrected chi connectivity index (χ1v) is 36.7. The van der Waals surface area contributed by atoms with Gasteiger partial charge in [-0.3, -0.25) is 24.6 Å². The van der Waals surface area contributed by atoms with Crippen molar-refractivity contribution in [2.24, 2.45) is 11.7 Å². The van der Waals surface area contributed by atoms with Crippen molar-refractivity contribution in [2.45, 2.75) is 150 Å². The van der Waals surface area contributed by atoms with E-state index in [1.54, 1.807) is 44.6 Å². The molecule has 20 nitrogen and oxygen atoms in total. The van der Waals surface area contributed by atoms with Crippen molar-refractivity contribution in [3.8, 4) is 62.3 Å². The third kappa shape index (κ3) is 29.9. The lowest BCUT2D eigenvalue weighted by molar-refractivity contribution is -0.137. The van der Waals surface area contributed by atoms with Crippen LogP contribution in [0.2, 0.25) is 0 Å². The molecule has 0 saturated carbocycles. The maximum atomic E-state index is 14.1. The SMILES string of the molecule is C.C.C=S(C)(=O)c1ccc(-c2[nH]ncc2CN(C)CCCC)cc1.CCCCN(C)Cc1cn[nH]c1-c1cc(OCCC(C)(C)O)cc(C(C)(F)F)c1.CCCCN(C)Cc1cn[nH]c1-c1ccc(OCC2COC2)cc1.COCCOc1cc(-c2[nH]ncc2CN(C)CCN)cc(C(F)(F)F)c1. The number of nitrogens with two attached hydrogens (primary N) is 1. The predicted octanol–water partition coefficient (Wildman–Crippen LogP) is 15.1. The summed E-state index contributed by atoms with van der Waals surface area (Å²) in [7, 11) is 7.54. The highest BCUT2D eigenvalue weighted by Gasteiger charge is 2.32. The van der Waals surface area contributed by atoms with Crippen molar-refractivity contribution in [3.05, 3.63) is 143 Å². The van der Waals surface area contributed by atoms with Gasteiger partial charge in [0.1, 0.15) is 23.9 Å². The zero-order chi connectivity index (χ0) is 73.8. The van der Waals surface area contributed by atoms with Crippen molar-refractivity contribution in [3.63, 3.8) is 0 Å². The van der Waals surface area contributed by atoms with E-state index in [9.17, 15) is 31.3 Å². The first-order chi connectivity index (χ1) is 48.0. The van der Waals surface area contributed by atoms with Gasteiger partial charge in [0.25, 0.3) is 5.92 Å². The van der Waals surface area contributed by atoms with Gasteiger partial charge in [0, 0.05) is 121 Å². The van der Waals surface area contributed by atoms with Crippen molar-refractivity contribution in [1.29, 1.82) is 0 Å². The molecule has 5 heterocycles. The Labute approximate surface area is 609 Å². The van der Waals surface area contributed by atoms with Crippen molar-refractivity contribution in [1.82, 2.24) is 60.4 Å². The van der Waals surface area contributed by atoms with Crippen LogP contribution in [0.15, 0.2) is 115 Å². The molecule has 0 bridgehead atoms. The van der Waals surface area contributed by atoms with Crippen LogP contribution in [-0.4, -0.2) is 195 Å². The molecule has 1 aliphatic rings. The summed E-state index contributed by atoms with van der Waals surface area (Å²) in [5.74, 6) is 2.65. The number of nitrogens with zero attached hydrogens (tertiary/aromatic N) is 8. The van der Waals surface area contributed by atoms with Crippen LogP contribution in [0.3, 0.4) is 0 Å². The van der Waals surface area contributed by atoms with Gasteiger partial charge in [0.05, 0.1) is 91.8 Å². The van der Waals surface area contributed by atoms with Gasteiger partial charge in [-0.1, -0.05) is 67.0 Å². The molecular formula is C77H116F5N13O7S. The van der Waals surface area contributed by atoms with Gasteiger partial charge < -0.3 is 54.1 Å². The highest BCUT2D eigenvalue weighted by atomic mass is 32.2. The van der Waals surface area contributed by atoms with Gasteiger partial charge in [-0.05, 0) is 175 Å². The van der Waals surface area contributed by atoms with Crippen molar-refractivity contribution < 1.29 is 55.0 Å². The van der Waals surface area contributed by atoms with E-state index in [4.69, 9.17) is 29.4 Å². The van der Waals surface area contributed by atoms with Gasteiger partial charge in [0.2, 0.25) is 0 Å². The summed E-state index contributed by atoms with van der Waals surface area (Å²) in [5, 5.41) is 38.3. The number of alkyl halides is 5. The molecule has 103 heavy (non-hydrogen) atoms. The second-order valence-electron chi connectivity index (χ2n) is 26.8. The number of methoxy groups -OCH3 is 1. The fourth-order valence-electron chi connectivity index (χ4n) is 10.7. The second kappa shape index (κ2) is 43.0. The molecule has 26 heteroatoms. The number of ether oxygens (including phenoxy) is 5. The van der Waals surface area contributed by atoms with Gasteiger partial charge >= 0.3 is 6.18 Å². The Balaban J connectivity index is 0.000000290. The van der Waals surface area contributed by atoms with Gasteiger partial charge in [0.15, 0.2) is 0 Å². The molecule has 0 amide bonds. The largest absolute Gasteiger partial charge is 0.493 e. The highest BCUT2D eigenvalue weighted by Crippen LogP contribution is 2.38. The standard InChI is InChI=1S/C22H33F2N3O2.C19H27N3O2.C17H23F3N4O2.C17H25N3OS.2CH4/c1-6-7-9-27(5)15-17-14-25-26-20(17)16-11-18(22(4,23)24)13-19(12-16)29-10-8-21(2,3)28;1-3-4-9-22(2)11-17-10-20-21-19(17)16-5-7-18(8-6-16)24-14-15-12-23-13-15;1-24(4-3-21)11-13-10-22-23-16(13)12-7-14(17(18,19)20)9-15(8-12)26-6-5-25-2;1-5-6-11-20(2)13-15-12-18-19-17(15)14-7-9-16(10-8-14)22(3,4)21;;/h11-14,28H,6-10,15H2,1-5H3,(H,25,26);5-8,10,15H,3-4,9,11-14H2,1-2H3,(H,20,21);7-10H,3-6,11,21H2,1-2H3,(H,22,23);7-10,12H,3,5-6,11,13H2,1-2,4H3,(H,18,19);2*1H4. The quantitative estimate of drug-likeness (QED) is 0.0122. The Morgan fingerprint density at radius 1 is 0.563 bits per heavy atom. The summed E-state index contributed by atoms with van der Waals surface area (Å²) in [6, 6.07) is 24.2. The van der Waals surface area contributed by atoms with Gasteiger partial charge in [-0.15, -0.1) is 0 Å². The zero-order valence-electron chi connectivity index (χ0n) is 61.1. The number of nitrogens with one attached hydrogen (secondary N) is 4. The lowest BCUT2D eigenvalue weighted by atomic mass is 10.0. The molecule has 1 fully saturated rings. The van der Waals surface area contributed by atoms with Crippen LogP contribution in [0.5, 0.6) is 17.2 Å². The number of unbranched alkanes of at least 4 members (excludes halogenated alkanes) is 3. The van der Waals surface area contributed by atoms with Crippen molar-refractivity contribution in [2.75, 3.05) is 114 Å². The number of aliphatic hydroxyl groups is 1. The Hall–Kier alpha value is -7.53. The van der Waals surface area contributed by atoms with E-state index in [-0.39, 0.29) is 46.0 Å². The highest BCUT2D eigenvalue weighted by molar-refractivity contribution is 7.99. The summed E-state index contributed by atoms with van der Waals surface area (Å²) < 4.78 is 107. The molecule has 1 saturated heterocycles. The molecule has 1 aliphatic heterocycles. The first kappa shape index (κ1) is 87.9. The Bertz CT molecular complexity index is 3790. The molecule has 0 aliphatic carbocycles. The number of halogens is 5. The van der Waals surface area contributed by atoms with Crippen LogP contribution in [0.4, 0.5) is 22.0 Å². The number of aromatic amines is 4. The molecule has 4 aromatic heterocycles. The second-order valence-corrected chi connectivity index (χ2v) is 29.3. The van der Waals surface area contributed by atoms with Crippen molar-refractivity contribution >= 4 is 15.4 Å². The molecule has 0 spiro atoms. The number of hydrogen-bond donors (Lipinski definition) is 6.